The molecule has 0 fully saturated rings. The van der Waals surface area contributed by atoms with E-state index >= 15 is 0 Å². The van der Waals surface area contributed by atoms with Crippen LogP contribution in [-0.2, 0) is 39.1 Å². The Hall–Kier alpha value is -3.56. The molecule has 2 N–H and O–H groups in total. The maximum absolute atomic E-state index is 13.3. The molecular weight excluding hydrogens is 476 g/mol. The Morgan fingerprint density at radius 1 is 0.917 bits per heavy atom. The van der Waals surface area contributed by atoms with E-state index in [1.165, 1.54) is 12.1 Å². The van der Waals surface area contributed by atoms with E-state index < -0.39 is 16.1 Å². The number of nitrogens with one attached hydrogen (secondary N) is 2. The SMILES string of the molecule is CCNS(=O)(=O)c1ccc(CCC(=O)N(Cc2ccccc2)C(C)C(=O)NCc2ccncc2)cc1. The Balaban J connectivity index is 1.67. The molecule has 0 saturated heterocycles. The minimum atomic E-state index is -3.53. The summed E-state index contributed by atoms with van der Waals surface area (Å²) in [5.74, 6) is -0.399. The number of amides is 2. The lowest BCUT2D eigenvalue weighted by Gasteiger charge is -2.29. The lowest BCUT2D eigenvalue weighted by molar-refractivity contribution is -0.140. The van der Waals surface area contributed by atoms with Crippen LogP contribution in [0.4, 0.5) is 0 Å². The Morgan fingerprint density at radius 2 is 1.58 bits per heavy atom. The zero-order chi connectivity index (χ0) is 26.0. The summed E-state index contributed by atoms with van der Waals surface area (Å²) in [7, 11) is -3.53. The van der Waals surface area contributed by atoms with Crippen LogP contribution in [0.15, 0.2) is 84.0 Å². The van der Waals surface area contributed by atoms with Crippen molar-refractivity contribution >= 4 is 21.8 Å². The van der Waals surface area contributed by atoms with Crippen LogP contribution in [0, 0.1) is 0 Å². The van der Waals surface area contributed by atoms with E-state index in [1.807, 2.05) is 42.5 Å². The fourth-order valence-corrected chi connectivity index (χ4v) is 4.74. The van der Waals surface area contributed by atoms with E-state index in [-0.39, 0.29) is 23.1 Å². The Bertz CT molecular complexity index is 1230. The summed E-state index contributed by atoms with van der Waals surface area (Å²) in [4.78, 5) is 32.0. The lowest BCUT2D eigenvalue weighted by Crippen LogP contribution is -2.47. The highest BCUT2D eigenvalue weighted by Crippen LogP contribution is 2.15. The Morgan fingerprint density at radius 3 is 2.22 bits per heavy atom. The smallest absolute Gasteiger partial charge is 0.242 e. The minimum Gasteiger partial charge on any atom is -0.350 e. The van der Waals surface area contributed by atoms with Crippen molar-refractivity contribution in [3.05, 3.63) is 95.8 Å². The number of pyridine rings is 1. The highest BCUT2D eigenvalue weighted by atomic mass is 32.2. The molecule has 0 aliphatic carbocycles. The molecule has 0 aliphatic rings. The maximum Gasteiger partial charge on any atom is 0.242 e. The maximum atomic E-state index is 13.3. The number of carbonyl (C=O) groups is 2. The number of sulfonamides is 1. The van der Waals surface area contributed by atoms with Gasteiger partial charge in [0.15, 0.2) is 0 Å². The summed E-state index contributed by atoms with van der Waals surface area (Å²) in [5.41, 5.74) is 2.69. The molecule has 9 heteroatoms. The summed E-state index contributed by atoms with van der Waals surface area (Å²) in [5, 5.41) is 2.90. The van der Waals surface area contributed by atoms with E-state index in [4.69, 9.17) is 0 Å². The Kier molecular flexibility index (Phi) is 9.72. The predicted octanol–water partition coefficient (Wildman–Crippen LogP) is 3.05. The van der Waals surface area contributed by atoms with Gasteiger partial charge in [-0.05, 0) is 54.3 Å². The molecule has 0 bridgehead atoms. The van der Waals surface area contributed by atoms with Crippen molar-refractivity contribution in [1.82, 2.24) is 19.9 Å². The number of rotatable bonds is 12. The number of hydrogen-bond acceptors (Lipinski definition) is 5. The van der Waals surface area contributed by atoms with Gasteiger partial charge in [0.25, 0.3) is 0 Å². The third-order valence-corrected chi connectivity index (χ3v) is 7.34. The molecule has 2 aromatic carbocycles. The van der Waals surface area contributed by atoms with Crippen molar-refractivity contribution in [2.75, 3.05) is 6.54 Å². The van der Waals surface area contributed by atoms with Crippen LogP contribution in [0.1, 0.15) is 37.0 Å². The van der Waals surface area contributed by atoms with Crippen LogP contribution in [0.5, 0.6) is 0 Å². The average molecular weight is 509 g/mol. The predicted molar refractivity (Wildman–Crippen MR) is 138 cm³/mol. The first-order valence-electron chi connectivity index (χ1n) is 11.9. The van der Waals surface area contributed by atoms with Gasteiger partial charge < -0.3 is 10.2 Å². The number of hydrogen-bond donors (Lipinski definition) is 2. The van der Waals surface area contributed by atoms with Gasteiger partial charge in [0.1, 0.15) is 6.04 Å². The average Bonchev–Trinajstić information content (AvgIpc) is 2.90. The molecule has 0 aliphatic heterocycles. The standard InChI is InChI=1S/C27H32N4O4S/c1-3-30-36(34,35)25-12-9-22(10-13-25)11-14-26(32)31(20-24-7-5-4-6-8-24)21(2)27(33)29-19-23-15-17-28-18-16-23/h4-10,12-13,15-18,21,30H,3,11,14,19-20H2,1-2H3,(H,29,33). The third kappa shape index (κ3) is 7.73. The second kappa shape index (κ2) is 12.9. The highest BCUT2D eigenvalue weighted by molar-refractivity contribution is 7.89. The molecule has 0 spiro atoms. The minimum absolute atomic E-state index is 0.158. The first-order chi connectivity index (χ1) is 17.3. The molecule has 0 radical (unpaired) electrons. The van der Waals surface area contributed by atoms with Crippen molar-refractivity contribution < 1.29 is 18.0 Å². The van der Waals surface area contributed by atoms with Gasteiger partial charge in [-0.15, -0.1) is 0 Å². The molecule has 1 heterocycles. The molecular formula is C27H32N4O4S. The van der Waals surface area contributed by atoms with Crippen LogP contribution in [-0.4, -0.2) is 42.7 Å². The molecule has 1 unspecified atom stereocenters. The lowest BCUT2D eigenvalue weighted by atomic mass is 10.1. The summed E-state index contributed by atoms with van der Waals surface area (Å²) < 4.78 is 26.7. The van der Waals surface area contributed by atoms with E-state index in [0.717, 1.165) is 16.7 Å². The molecule has 1 atom stereocenters. The monoisotopic (exact) mass is 508 g/mol. The van der Waals surface area contributed by atoms with Gasteiger partial charge in [0, 0.05) is 38.4 Å². The van der Waals surface area contributed by atoms with Gasteiger partial charge in [-0.25, -0.2) is 13.1 Å². The van der Waals surface area contributed by atoms with Crippen molar-refractivity contribution in [3.63, 3.8) is 0 Å². The second-order valence-corrected chi connectivity index (χ2v) is 10.2. The quantitative estimate of drug-likeness (QED) is 0.391. The summed E-state index contributed by atoms with van der Waals surface area (Å²) in [6.45, 7) is 4.41. The van der Waals surface area contributed by atoms with Gasteiger partial charge in [0.05, 0.1) is 4.90 Å². The summed E-state index contributed by atoms with van der Waals surface area (Å²) in [6, 6.07) is 19.0. The van der Waals surface area contributed by atoms with Crippen LogP contribution < -0.4 is 10.0 Å². The first kappa shape index (κ1) is 27.0. The van der Waals surface area contributed by atoms with E-state index in [0.29, 0.717) is 26.1 Å². The van der Waals surface area contributed by atoms with Gasteiger partial charge in [-0.3, -0.25) is 14.6 Å². The van der Waals surface area contributed by atoms with Crippen molar-refractivity contribution in [3.8, 4) is 0 Å². The van der Waals surface area contributed by atoms with Crippen molar-refractivity contribution in [2.45, 2.75) is 50.7 Å². The number of aromatic nitrogens is 1. The number of nitrogens with zero attached hydrogens (tertiary/aromatic N) is 2. The van der Waals surface area contributed by atoms with Gasteiger partial charge in [-0.1, -0.05) is 49.4 Å². The molecule has 190 valence electrons. The molecule has 36 heavy (non-hydrogen) atoms. The van der Waals surface area contributed by atoms with E-state index in [1.54, 1.807) is 43.3 Å². The molecule has 1 aromatic heterocycles. The number of aryl methyl sites for hydroxylation is 1. The molecule has 8 nitrogen and oxygen atoms in total. The number of benzene rings is 2. The van der Waals surface area contributed by atoms with Gasteiger partial charge >= 0.3 is 0 Å². The van der Waals surface area contributed by atoms with E-state index in [2.05, 4.69) is 15.0 Å². The largest absolute Gasteiger partial charge is 0.350 e. The zero-order valence-electron chi connectivity index (χ0n) is 20.6. The molecule has 3 aromatic rings. The van der Waals surface area contributed by atoms with Crippen LogP contribution in [0.2, 0.25) is 0 Å². The first-order valence-corrected chi connectivity index (χ1v) is 13.4. The second-order valence-electron chi connectivity index (χ2n) is 8.40. The summed E-state index contributed by atoms with van der Waals surface area (Å²) in [6.07, 6.45) is 3.95. The molecule has 0 saturated carbocycles. The van der Waals surface area contributed by atoms with Crippen molar-refractivity contribution in [2.24, 2.45) is 0 Å². The topological polar surface area (TPSA) is 108 Å². The van der Waals surface area contributed by atoms with E-state index in [9.17, 15) is 18.0 Å². The van der Waals surface area contributed by atoms with Gasteiger partial charge in [-0.2, -0.15) is 0 Å². The highest BCUT2D eigenvalue weighted by Gasteiger charge is 2.26. The fraction of sp³-hybridized carbons (Fsp3) is 0.296. The summed E-state index contributed by atoms with van der Waals surface area (Å²) >= 11 is 0. The van der Waals surface area contributed by atoms with Crippen LogP contribution in [0.3, 0.4) is 0 Å². The zero-order valence-corrected chi connectivity index (χ0v) is 21.4. The van der Waals surface area contributed by atoms with Crippen molar-refractivity contribution in [1.29, 1.82) is 0 Å². The molecule has 2 amide bonds. The Labute approximate surface area is 212 Å². The van der Waals surface area contributed by atoms with Crippen LogP contribution in [0.25, 0.3) is 0 Å². The third-order valence-electron chi connectivity index (χ3n) is 5.77. The molecule has 3 rings (SSSR count). The van der Waals surface area contributed by atoms with Gasteiger partial charge in [0.2, 0.25) is 21.8 Å². The number of carbonyl (C=O) groups excluding carboxylic acids is 2. The fourth-order valence-electron chi connectivity index (χ4n) is 3.70. The normalized spacial score (nSPS) is 12.1. The van der Waals surface area contributed by atoms with Crippen LogP contribution >= 0.6 is 0 Å².